The van der Waals surface area contributed by atoms with Gasteiger partial charge >= 0.3 is 0 Å². The topological polar surface area (TPSA) is 57.2 Å². The predicted octanol–water partition coefficient (Wildman–Crippen LogP) is 3.72. The zero-order valence-corrected chi connectivity index (χ0v) is 17.2. The Bertz CT molecular complexity index is 887. The number of carbonyl (C=O) groups is 1. The van der Waals surface area contributed by atoms with Crippen molar-refractivity contribution in [2.24, 2.45) is 0 Å². The van der Waals surface area contributed by atoms with Crippen LogP contribution in [0.25, 0.3) is 0 Å². The summed E-state index contributed by atoms with van der Waals surface area (Å²) >= 11 is 0. The molecule has 0 unspecified atom stereocenters. The van der Waals surface area contributed by atoms with E-state index in [9.17, 15) is 4.79 Å². The van der Waals surface area contributed by atoms with E-state index in [0.29, 0.717) is 32.8 Å². The van der Waals surface area contributed by atoms with Gasteiger partial charge in [-0.25, -0.2) is 0 Å². The van der Waals surface area contributed by atoms with Crippen molar-refractivity contribution in [2.75, 3.05) is 38.4 Å². The van der Waals surface area contributed by atoms with Gasteiger partial charge in [0.1, 0.15) is 11.5 Å². The summed E-state index contributed by atoms with van der Waals surface area (Å²) in [6.07, 6.45) is 1.49. The van der Waals surface area contributed by atoms with Gasteiger partial charge in [0, 0.05) is 12.1 Å². The molecule has 29 heavy (non-hydrogen) atoms. The highest BCUT2D eigenvalue weighted by molar-refractivity contribution is 6.07. The maximum atomic E-state index is 13.4. The van der Waals surface area contributed by atoms with Gasteiger partial charge in [0.25, 0.3) is 11.7 Å². The number of amides is 1. The maximum absolute atomic E-state index is 13.4. The van der Waals surface area contributed by atoms with E-state index >= 15 is 0 Å². The average Bonchev–Trinajstić information content (AvgIpc) is 2.98. The van der Waals surface area contributed by atoms with Crippen LogP contribution in [0.5, 0.6) is 11.5 Å². The van der Waals surface area contributed by atoms with Crippen LogP contribution in [0.1, 0.15) is 29.5 Å². The predicted molar refractivity (Wildman–Crippen MR) is 110 cm³/mol. The van der Waals surface area contributed by atoms with E-state index in [1.165, 1.54) is 0 Å². The fourth-order valence-corrected chi connectivity index (χ4v) is 4.04. The number of benzene rings is 2. The van der Waals surface area contributed by atoms with Crippen molar-refractivity contribution in [1.82, 2.24) is 0 Å². The molecule has 6 nitrogen and oxygen atoms in total. The van der Waals surface area contributed by atoms with Crippen LogP contribution in [0.3, 0.4) is 0 Å². The fraction of sp³-hybridized carbons (Fsp3) is 0.435. The van der Waals surface area contributed by atoms with Crippen LogP contribution in [0.4, 0.5) is 5.69 Å². The van der Waals surface area contributed by atoms with E-state index < -0.39 is 5.79 Å². The van der Waals surface area contributed by atoms with Crippen LogP contribution in [0, 0.1) is 13.8 Å². The first-order valence-electron chi connectivity index (χ1n) is 10.0. The Morgan fingerprint density at radius 2 is 1.66 bits per heavy atom. The molecule has 154 valence electrons. The van der Waals surface area contributed by atoms with Crippen LogP contribution in [-0.4, -0.2) is 39.4 Å². The van der Waals surface area contributed by atoms with Gasteiger partial charge in [0.15, 0.2) is 0 Å². The van der Waals surface area contributed by atoms with Gasteiger partial charge in [-0.15, -0.1) is 0 Å². The standard InChI is InChI=1S/C23H27NO5/c1-16-6-7-17(2)21-20(16)23(28-14-5-15-29-23)22(25)24(21)12-4-13-27-19-10-8-18(26-3)9-11-19/h6-11H,4-5,12-15H2,1-3H3. The molecule has 0 atom stereocenters. The lowest BCUT2D eigenvalue weighted by Gasteiger charge is -2.33. The fourth-order valence-electron chi connectivity index (χ4n) is 4.04. The maximum Gasteiger partial charge on any atom is 0.292 e. The molecule has 1 saturated heterocycles. The number of aryl methyl sites for hydroxylation is 2. The average molecular weight is 397 g/mol. The Kier molecular flexibility index (Phi) is 5.48. The second-order valence-corrected chi connectivity index (χ2v) is 7.42. The van der Waals surface area contributed by atoms with Gasteiger partial charge in [-0.1, -0.05) is 12.1 Å². The first-order valence-corrected chi connectivity index (χ1v) is 10.0. The lowest BCUT2D eigenvalue weighted by molar-refractivity contribution is -0.257. The minimum atomic E-state index is -1.29. The number of carbonyl (C=O) groups excluding carboxylic acids is 1. The Labute approximate surface area is 171 Å². The van der Waals surface area contributed by atoms with Gasteiger partial charge in [-0.05, 0) is 62.1 Å². The van der Waals surface area contributed by atoms with E-state index in [4.69, 9.17) is 18.9 Å². The van der Waals surface area contributed by atoms with Crippen molar-refractivity contribution < 1.29 is 23.7 Å². The lowest BCUT2D eigenvalue weighted by Crippen LogP contribution is -2.47. The third-order valence-electron chi connectivity index (χ3n) is 5.47. The van der Waals surface area contributed by atoms with Crippen LogP contribution >= 0.6 is 0 Å². The monoisotopic (exact) mass is 397 g/mol. The number of hydrogen-bond donors (Lipinski definition) is 0. The molecule has 0 aromatic heterocycles. The molecular weight excluding hydrogens is 370 g/mol. The Balaban J connectivity index is 1.49. The smallest absolute Gasteiger partial charge is 0.292 e. The van der Waals surface area contributed by atoms with Crippen molar-refractivity contribution in [3.05, 3.63) is 53.1 Å². The molecule has 4 rings (SSSR count). The molecule has 2 aliphatic rings. The normalized spacial score (nSPS) is 17.5. The van der Waals surface area contributed by atoms with Gasteiger partial charge < -0.3 is 23.8 Å². The molecule has 2 aromatic rings. The summed E-state index contributed by atoms with van der Waals surface area (Å²) in [5.41, 5.74) is 3.84. The quantitative estimate of drug-likeness (QED) is 0.696. The molecule has 1 amide bonds. The number of rotatable bonds is 6. The molecular formula is C23H27NO5. The summed E-state index contributed by atoms with van der Waals surface area (Å²) in [5, 5.41) is 0. The van der Waals surface area contributed by atoms with Gasteiger partial charge in [0.05, 0.1) is 32.6 Å². The SMILES string of the molecule is COc1ccc(OCCCN2C(=O)C3(OCCCO3)c3c(C)ccc(C)c32)cc1. The van der Waals surface area contributed by atoms with Crippen molar-refractivity contribution in [3.63, 3.8) is 0 Å². The van der Waals surface area contributed by atoms with E-state index in [1.807, 2.05) is 50.2 Å². The molecule has 2 aromatic carbocycles. The van der Waals surface area contributed by atoms with E-state index in [1.54, 1.807) is 12.0 Å². The lowest BCUT2D eigenvalue weighted by atomic mass is 9.97. The number of methoxy groups -OCH3 is 1. The summed E-state index contributed by atoms with van der Waals surface area (Å²) in [6, 6.07) is 11.6. The highest BCUT2D eigenvalue weighted by atomic mass is 16.7. The Morgan fingerprint density at radius 1 is 1.00 bits per heavy atom. The van der Waals surface area contributed by atoms with E-state index in [-0.39, 0.29) is 5.91 Å². The van der Waals surface area contributed by atoms with E-state index in [0.717, 1.165) is 40.3 Å². The van der Waals surface area contributed by atoms with Crippen molar-refractivity contribution >= 4 is 11.6 Å². The Morgan fingerprint density at radius 3 is 2.34 bits per heavy atom. The van der Waals surface area contributed by atoms with Gasteiger partial charge in [0.2, 0.25) is 0 Å². The zero-order valence-electron chi connectivity index (χ0n) is 17.2. The first kappa shape index (κ1) is 19.7. The molecule has 0 N–H and O–H groups in total. The molecule has 6 heteroatoms. The summed E-state index contributed by atoms with van der Waals surface area (Å²) in [6.45, 7) is 6.12. The molecule has 1 spiro atoms. The molecule has 0 bridgehead atoms. The van der Waals surface area contributed by atoms with Gasteiger partial charge in [-0.3, -0.25) is 4.79 Å². The zero-order chi connectivity index (χ0) is 20.4. The highest BCUT2D eigenvalue weighted by Crippen LogP contribution is 2.48. The number of hydrogen-bond acceptors (Lipinski definition) is 5. The second kappa shape index (κ2) is 8.05. The van der Waals surface area contributed by atoms with Crippen molar-refractivity contribution in [2.45, 2.75) is 32.5 Å². The minimum Gasteiger partial charge on any atom is -0.497 e. The van der Waals surface area contributed by atoms with Crippen LogP contribution < -0.4 is 14.4 Å². The third kappa shape index (κ3) is 3.47. The first-order chi connectivity index (χ1) is 14.1. The minimum absolute atomic E-state index is 0.131. The molecule has 0 aliphatic carbocycles. The Hall–Kier alpha value is -2.57. The molecule has 1 fully saturated rings. The number of fused-ring (bicyclic) bond motifs is 2. The summed E-state index contributed by atoms with van der Waals surface area (Å²) in [7, 11) is 1.64. The summed E-state index contributed by atoms with van der Waals surface area (Å²) < 4.78 is 22.9. The molecule has 2 heterocycles. The van der Waals surface area contributed by atoms with Gasteiger partial charge in [-0.2, -0.15) is 0 Å². The number of ether oxygens (including phenoxy) is 4. The van der Waals surface area contributed by atoms with Crippen molar-refractivity contribution in [3.8, 4) is 11.5 Å². The van der Waals surface area contributed by atoms with Crippen LogP contribution in [-0.2, 0) is 20.1 Å². The summed E-state index contributed by atoms with van der Waals surface area (Å²) in [4.78, 5) is 15.2. The van der Waals surface area contributed by atoms with E-state index in [2.05, 4.69) is 0 Å². The van der Waals surface area contributed by atoms with Crippen LogP contribution in [0.2, 0.25) is 0 Å². The summed E-state index contributed by atoms with van der Waals surface area (Å²) in [5.74, 6) is 0.149. The third-order valence-corrected chi connectivity index (χ3v) is 5.47. The molecule has 2 aliphatic heterocycles. The molecule has 0 saturated carbocycles. The second-order valence-electron chi connectivity index (χ2n) is 7.42. The number of anilines is 1. The highest BCUT2D eigenvalue weighted by Gasteiger charge is 2.55. The number of nitrogens with zero attached hydrogens (tertiary/aromatic N) is 1. The van der Waals surface area contributed by atoms with Crippen LogP contribution in [0.15, 0.2) is 36.4 Å². The molecule has 0 radical (unpaired) electrons. The largest absolute Gasteiger partial charge is 0.497 e. The van der Waals surface area contributed by atoms with Crippen molar-refractivity contribution in [1.29, 1.82) is 0 Å².